The molecule has 0 atom stereocenters. The third-order valence-electron chi connectivity index (χ3n) is 3.25. The molecule has 0 bridgehead atoms. The largest absolute Gasteiger partial charge is 0.496 e. The van der Waals surface area contributed by atoms with Gasteiger partial charge < -0.3 is 4.74 Å². The Balaban J connectivity index is 1.90. The SMILES string of the molecule is COc1ccccc1/C=C/CN1CCCCC1. The number of piperidine rings is 1. The second-order valence-corrected chi connectivity index (χ2v) is 4.51. The lowest BCUT2D eigenvalue weighted by molar-refractivity contribution is 0.252. The highest BCUT2D eigenvalue weighted by molar-refractivity contribution is 5.57. The van der Waals surface area contributed by atoms with E-state index in [1.54, 1.807) is 7.11 Å². The smallest absolute Gasteiger partial charge is 0.126 e. The van der Waals surface area contributed by atoms with E-state index in [4.69, 9.17) is 4.74 Å². The van der Waals surface area contributed by atoms with E-state index in [1.165, 1.54) is 32.4 Å². The summed E-state index contributed by atoms with van der Waals surface area (Å²) in [4.78, 5) is 2.51. The highest BCUT2D eigenvalue weighted by Gasteiger charge is 2.07. The van der Waals surface area contributed by atoms with Gasteiger partial charge in [-0.2, -0.15) is 0 Å². The summed E-state index contributed by atoms with van der Waals surface area (Å²) in [6, 6.07) is 8.13. The second-order valence-electron chi connectivity index (χ2n) is 4.51. The van der Waals surface area contributed by atoms with Crippen molar-refractivity contribution in [3.05, 3.63) is 35.9 Å². The zero-order valence-electron chi connectivity index (χ0n) is 10.6. The number of nitrogens with zero attached hydrogens (tertiary/aromatic N) is 1. The molecule has 1 heterocycles. The second kappa shape index (κ2) is 6.45. The molecule has 0 radical (unpaired) electrons. The first-order chi connectivity index (χ1) is 8.40. The van der Waals surface area contributed by atoms with Crippen LogP contribution in [0.5, 0.6) is 5.75 Å². The van der Waals surface area contributed by atoms with Gasteiger partial charge in [-0.25, -0.2) is 0 Å². The minimum absolute atomic E-state index is 0.947. The van der Waals surface area contributed by atoms with Gasteiger partial charge >= 0.3 is 0 Å². The standard InChI is InChI=1S/C15H21NO/c1-17-15-10-4-3-8-14(15)9-7-13-16-11-5-2-6-12-16/h3-4,7-10H,2,5-6,11-13H2,1H3/b9-7+. The van der Waals surface area contributed by atoms with Crippen LogP contribution in [-0.4, -0.2) is 31.6 Å². The molecular formula is C15H21NO. The van der Waals surface area contributed by atoms with Crippen LogP contribution < -0.4 is 4.74 Å². The van der Waals surface area contributed by atoms with Crippen molar-refractivity contribution in [2.24, 2.45) is 0 Å². The number of hydrogen-bond acceptors (Lipinski definition) is 2. The summed E-state index contributed by atoms with van der Waals surface area (Å²) in [6.45, 7) is 3.55. The van der Waals surface area contributed by atoms with Gasteiger partial charge in [-0.3, -0.25) is 4.90 Å². The van der Waals surface area contributed by atoms with Crippen LogP contribution in [0.2, 0.25) is 0 Å². The van der Waals surface area contributed by atoms with Crippen molar-refractivity contribution in [1.29, 1.82) is 0 Å². The molecule has 1 fully saturated rings. The van der Waals surface area contributed by atoms with Gasteiger partial charge in [-0.05, 0) is 32.0 Å². The van der Waals surface area contributed by atoms with Crippen LogP contribution in [-0.2, 0) is 0 Å². The van der Waals surface area contributed by atoms with E-state index < -0.39 is 0 Å². The summed E-state index contributed by atoms with van der Waals surface area (Å²) >= 11 is 0. The molecule has 92 valence electrons. The molecule has 2 nitrogen and oxygen atoms in total. The van der Waals surface area contributed by atoms with Crippen LogP contribution in [0.4, 0.5) is 0 Å². The fraction of sp³-hybridized carbons (Fsp3) is 0.467. The summed E-state index contributed by atoms with van der Waals surface area (Å²) in [5, 5.41) is 0. The highest BCUT2D eigenvalue weighted by atomic mass is 16.5. The predicted molar refractivity (Wildman–Crippen MR) is 72.3 cm³/mol. The lowest BCUT2D eigenvalue weighted by Gasteiger charge is -2.24. The van der Waals surface area contributed by atoms with E-state index in [0.29, 0.717) is 0 Å². The topological polar surface area (TPSA) is 12.5 Å². The van der Waals surface area contributed by atoms with Crippen molar-refractivity contribution in [3.8, 4) is 5.75 Å². The monoisotopic (exact) mass is 231 g/mol. The summed E-state index contributed by atoms with van der Waals surface area (Å²) in [5.74, 6) is 0.947. The van der Waals surface area contributed by atoms with Crippen LogP contribution in [0.15, 0.2) is 30.3 Å². The fourth-order valence-corrected chi connectivity index (χ4v) is 2.27. The number of ether oxygens (including phenoxy) is 1. The first-order valence-corrected chi connectivity index (χ1v) is 6.42. The van der Waals surface area contributed by atoms with Gasteiger partial charge in [-0.15, -0.1) is 0 Å². The lowest BCUT2D eigenvalue weighted by Crippen LogP contribution is -2.29. The molecule has 1 aliphatic heterocycles. The Morgan fingerprint density at radius 3 is 2.71 bits per heavy atom. The molecule has 0 saturated carbocycles. The van der Waals surface area contributed by atoms with Gasteiger partial charge in [0.1, 0.15) is 5.75 Å². The predicted octanol–water partition coefficient (Wildman–Crippen LogP) is 3.19. The quantitative estimate of drug-likeness (QED) is 0.789. The molecular weight excluding hydrogens is 210 g/mol. The first kappa shape index (κ1) is 12.2. The van der Waals surface area contributed by atoms with Crippen LogP contribution in [0.1, 0.15) is 24.8 Å². The van der Waals surface area contributed by atoms with Gasteiger partial charge in [0.2, 0.25) is 0 Å². The number of likely N-dealkylation sites (tertiary alicyclic amines) is 1. The van der Waals surface area contributed by atoms with E-state index in [2.05, 4.69) is 23.1 Å². The zero-order chi connectivity index (χ0) is 11.9. The van der Waals surface area contributed by atoms with Crippen LogP contribution >= 0.6 is 0 Å². The third kappa shape index (κ3) is 3.60. The Morgan fingerprint density at radius 2 is 1.94 bits per heavy atom. The maximum absolute atomic E-state index is 5.32. The first-order valence-electron chi connectivity index (χ1n) is 6.42. The number of hydrogen-bond donors (Lipinski definition) is 0. The lowest BCUT2D eigenvalue weighted by atomic mass is 10.1. The maximum atomic E-state index is 5.32. The number of rotatable bonds is 4. The van der Waals surface area contributed by atoms with Crippen molar-refractivity contribution < 1.29 is 4.74 Å². The summed E-state index contributed by atoms with van der Waals surface area (Å²) < 4.78 is 5.32. The van der Waals surface area contributed by atoms with Crippen molar-refractivity contribution in [2.75, 3.05) is 26.7 Å². The Labute approximate surface area is 104 Å². The molecule has 0 amide bonds. The van der Waals surface area contributed by atoms with Crippen LogP contribution in [0, 0.1) is 0 Å². The summed E-state index contributed by atoms with van der Waals surface area (Å²) in [6.07, 6.45) is 8.49. The minimum Gasteiger partial charge on any atom is -0.496 e. The van der Waals surface area contributed by atoms with Gasteiger partial charge in [0.05, 0.1) is 7.11 Å². The Kier molecular flexibility index (Phi) is 4.63. The number of methoxy groups -OCH3 is 1. The van der Waals surface area contributed by atoms with Crippen molar-refractivity contribution in [1.82, 2.24) is 4.90 Å². The molecule has 1 aromatic carbocycles. The van der Waals surface area contributed by atoms with Gasteiger partial charge in [0.15, 0.2) is 0 Å². The zero-order valence-corrected chi connectivity index (χ0v) is 10.6. The Morgan fingerprint density at radius 1 is 1.18 bits per heavy atom. The molecule has 0 aliphatic carbocycles. The summed E-state index contributed by atoms with van der Waals surface area (Å²) in [7, 11) is 1.72. The maximum Gasteiger partial charge on any atom is 0.126 e. The van der Waals surface area contributed by atoms with Crippen molar-refractivity contribution in [2.45, 2.75) is 19.3 Å². The van der Waals surface area contributed by atoms with E-state index in [1.807, 2.05) is 18.2 Å². The Hall–Kier alpha value is -1.28. The Bertz CT molecular complexity index is 367. The molecule has 0 spiro atoms. The van der Waals surface area contributed by atoms with E-state index in [-0.39, 0.29) is 0 Å². The summed E-state index contributed by atoms with van der Waals surface area (Å²) in [5.41, 5.74) is 1.16. The highest BCUT2D eigenvalue weighted by Crippen LogP contribution is 2.18. The average Bonchev–Trinajstić information content (AvgIpc) is 2.40. The molecule has 1 aromatic rings. The van der Waals surface area contributed by atoms with E-state index in [9.17, 15) is 0 Å². The minimum atomic E-state index is 0.947. The van der Waals surface area contributed by atoms with E-state index >= 15 is 0 Å². The molecule has 2 rings (SSSR count). The van der Waals surface area contributed by atoms with Gasteiger partial charge in [0.25, 0.3) is 0 Å². The van der Waals surface area contributed by atoms with Crippen molar-refractivity contribution in [3.63, 3.8) is 0 Å². The van der Waals surface area contributed by atoms with Crippen LogP contribution in [0.25, 0.3) is 6.08 Å². The third-order valence-corrected chi connectivity index (χ3v) is 3.25. The molecule has 17 heavy (non-hydrogen) atoms. The fourth-order valence-electron chi connectivity index (χ4n) is 2.27. The van der Waals surface area contributed by atoms with E-state index in [0.717, 1.165) is 17.9 Å². The molecule has 1 saturated heterocycles. The normalized spacial score (nSPS) is 17.5. The molecule has 0 aromatic heterocycles. The van der Waals surface area contributed by atoms with Gasteiger partial charge in [-0.1, -0.05) is 36.8 Å². The van der Waals surface area contributed by atoms with Crippen LogP contribution in [0.3, 0.4) is 0 Å². The average molecular weight is 231 g/mol. The van der Waals surface area contributed by atoms with Crippen molar-refractivity contribution >= 4 is 6.08 Å². The number of benzene rings is 1. The molecule has 0 unspecified atom stereocenters. The molecule has 0 N–H and O–H groups in total. The number of para-hydroxylation sites is 1. The molecule has 1 aliphatic rings. The molecule has 2 heteroatoms. The van der Waals surface area contributed by atoms with Gasteiger partial charge in [0, 0.05) is 12.1 Å².